The van der Waals surface area contributed by atoms with E-state index in [0.717, 1.165) is 6.54 Å². The predicted octanol–water partition coefficient (Wildman–Crippen LogP) is 1.44. The van der Waals surface area contributed by atoms with Crippen LogP contribution >= 0.6 is 0 Å². The minimum Gasteiger partial charge on any atom is -0.389 e. The molecule has 0 saturated carbocycles. The summed E-state index contributed by atoms with van der Waals surface area (Å²) in [4.78, 5) is 2.26. The van der Waals surface area contributed by atoms with Gasteiger partial charge in [-0.1, -0.05) is 30.3 Å². The van der Waals surface area contributed by atoms with Crippen LogP contribution in [0.2, 0.25) is 0 Å². The summed E-state index contributed by atoms with van der Waals surface area (Å²) < 4.78 is 5.25. The summed E-state index contributed by atoms with van der Waals surface area (Å²) in [5, 5.41) is 9.79. The Morgan fingerprint density at radius 1 is 1.31 bits per heavy atom. The molecule has 1 aromatic carbocycles. The van der Waals surface area contributed by atoms with E-state index in [9.17, 15) is 5.11 Å². The van der Waals surface area contributed by atoms with E-state index in [0.29, 0.717) is 12.6 Å². The van der Waals surface area contributed by atoms with Crippen LogP contribution < -0.4 is 0 Å². The molecule has 88 valence electrons. The van der Waals surface area contributed by atoms with Crippen molar-refractivity contribution in [2.75, 3.05) is 20.2 Å². The van der Waals surface area contributed by atoms with Crippen LogP contribution in [0.1, 0.15) is 18.5 Å². The fourth-order valence-corrected chi connectivity index (χ4v) is 2.28. The Labute approximate surface area is 96.6 Å². The van der Waals surface area contributed by atoms with Gasteiger partial charge in [0.1, 0.15) is 0 Å². The number of likely N-dealkylation sites (tertiary alicyclic amines) is 1. The van der Waals surface area contributed by atoms with Crippen LogP contribution in [0.15, 0.2) is 30.3 Å². The number of aliphatic hydroxyl groups excluding tert-OH is 1. The maximum atomic E-state index is 9.79. The normalized spacial score (nSPS) is 28.2. The number of nitrogens with zero attached hydrogens (tertiary/aromatic N) is 1. The van der Waals surface area contributed by atoms with E-state index >= 15 is 0 Å². The van der Waals surface area contributed by atoms with Gasteiger partial charge in [0.05, 0.1) is 12.2 Å². The van der Waals surface area contributed by atoms with E-state index in [-0.39, 0.29) is 12.2 Å². The predicted molar refractivity (Wildman–Crippen MR) is 63.2 cm³/mol. The summed E-state index contributed by atoms with van der Waals surface area (Å²) in [7, 11) is 1.66. The van der Waals surface area contributed by atoms with Crippen molar-refractivity contribution in [1.29, 1.82) is 0 Å². The van der Waals surface area contributed by atoms with Crippen molar-refractivity contribution in [3.63, 3.8) is 0 Å². The molecule has 1 aromatic rings. The highest BCUT2D eigenvalue weighted by atomic mass is 16.5. The largest absolute Gasteiger partial charge is 0.389 e. The first kappa shape index (κ1) is 11.6. The van der Waals surface area contributed by atoms with Gasteiger partial charge < -0.3 is 9.84 Å². The maximum absolute atomic E-state index is 9.79. The molecule has 1 aliphatic heterocycles. The monoisotopic (exact) mass is 221 g/mol. The molecule has 3 atom stereocenters. The summed E-state index contributed by atoms with van der Waals surface area (Å²) in [6.45, 7) is 3.66. The van der Waals surface area contributed by atoms with Crippen molar-refractivity contribution in [1.82, 2.24) is 4.90 Å². The smallest absolute Gasteiger partial charge is 0.0969 e. The molecule has 0 aromatic heterocycles. The van der Waals surface area contributed by atoms with Crippen molar-refractivity contribution in [2.45, 2.75) is 25.2 Å². The zero-order chi connectivity index (χ0) is 11.5. The standard InChI is InChI=1S/C13H19NO2/c1-10(11-6-4-3-5-7-11)14-8-12(15)13(9-14)16-2/h3-7,10,12-13,15H,8-9H2,1-2H3/t10-,12?,13?/m1/s1. The van der Waals surface area contributed by atoms with Gasteiger partial charge in [-0.05, 0) is 12.5 Å². The lowest BCUT2D eigenvalue weighted by atomic mass is 10.1. The second-order valence-electron chi connectivity index (χ2n) is 4.38. The minimum atomic E-state index is -0.365. The number of β-amino-alcohol motifs (C(OH)–C–C–N with tert-alkyl or cyclic N) is 1. The van der Waals surface area contributed by atoms with Crippen molar-refractivity contribution in [3.05, 3.63) is 35.9 Å². The van der Waals surface area contributed by atoms with Gasteiger partial charge in [-0.2, -0.15) is 0 Å². The fraction of sp³-hybridized carbons (Fsp3) is 0.538. The van der Waals surface area contributed by atoms with Gasteiger partial charge in [0, 0.05) is 26.2 Å². The summed E-state index contributed by atoms with van der Waals surface area (Å²) in [6, 6.07) is 10.7. The van der Waals surface area contributed by atoms with Gasteiger partial charge in [-0.25, -0.2) is 0 Å². The molecule has 2 unspecified atom stereocenters. The number of rotatable bonds is 3. The van der Waals surface area contributed by atoms with Crippen LogP contribution in [-0.2, 0) is 4.74 Å². The van der Waals surface area contributed by atoms with Crippen LogP contribution in [0.3, 0.4) is 0 Å². The third-order valence-corrected chi connectivity index (χ3v) is 3.40. The molecule has 1 fully saturated rings. The highest BCUT2D eigenvalue weighted by molar-refractivity contribution is 5.18. The Kier molecular flexibility index (Phi) is 3.59. The van der Waals surface area contributed by atoms with Crippen LogP contribution in [0.25, 0.3) is 0 Å². The second kappa shape index (κ2) is 4.95. The van der Waals surface area contributed by atoms with E-state index in [1.807, 2.05) is 18.2 Å². The third kappa shape index (κ3) is 2.26. The Hall–Kier alpha value is -0.900. The molecular weight excluding hydrogens is 202 g/mol. The molecule has 1 N–H and O–H groups in total. The quantitative estimate of drug-likeness (QED) is 0.838. The Balaban J connectivity index is 2.04. The lowest BCUT2D eigenvalue weighted by Gasteiger charge is -2.24. The zero-order valence-corrected chi connectivity index (χ0v) is 9.84. The zero-order valence-electron chi connectivity index (χ0n) is 9.84. The minimum absolute atomic E-state index is 0.0498. The van der Waals surface area contributed by atoms with Crippen LogP contribution in [-0.4, -0.2) is 42.4 Å². The second-order valence-corrected chi connectivity index (χ2v) is 4.38. The SMILES string of the molecule is COC1CN([C@H](C)c2ccccc2)CC1O. The van der Waals surface area contributed by atoms with Crippen molar-refractivity contribution >= 4 is 0 Å². The molecule has 1 saturated heterocycles. The van der Waals surface area contributed by atoms with Crippen LogP contribution in [0, 0.1) is 0 Å². The van der Waals surface area contributed by atoms with Gasteiger partial charge in [0.25, 0.3) is 0 Å². The molecule has 0 aliphatic carbocycles. The molecule has 0 amide bonds. The first-order chi connectivity index (χ1) is 7.72. The molecular formula is C13H19NO2. The lowest BCUT2D eigenvalue weighted by molar-refractivity contribution is 0.0214. The fourth-order valence-electron chi connectivity index (χ4n) is 2.28. The van der Waals surface area contributed by atoms with Crippen molar-refractivity contribution < 1.29 is 9.84 Å². The summed E-state index contributed by atoms with van der Waals surface area (Å²) in [6.07, 6.45) is -0.415. The van der Waals surface area contributed by atoms with Gasteiger partial charge in [0.2, 0.25) is 0 Å². The number of ether oxygens (including phenoxy) is 1. The lowest BCUT2D eigenvalue weighted by Crippen LogP contribution is -2.26. The molecule has 0 radical (unpaired) electrons. The molecule has 1 aliphatic rings. The number of methoxy groups -OCH3 is 1. The first-order valence-electron chi connectivity index (χ1n) is 5.72. The molecule has 2 rings (SSSR count). The van der Waals surface area contributed by atoms with Gasteiger partial charge in [0.15, 0.2) is 0 Å². The number of benzene rings is 1. The van der Waals surface area contributed by atoms with Crippen molar-refractivity contribution in [3.8, 4) is 0 Å². The molecule has 3 nitrogen and oxygen atoms in total. The Morgan fingerprint density at radius 2 is 2.00 bits per heavy atom. The topological polar surface area (TPSA) is 32.7 Å². The number of hydrogen-bond donors (Lipinski definition) is 1. The van der Waals surface area contributed by atoms with Gasteiger partial charge in [-0.3, -0.25) is 4.90 Å². The maximum Gasteiger partial charge on any atom is 0.0969 e. The number of hydrogen-bond acceptors (Lipinski definition) is 3. The molecule has 1 heterocycles. The van der Waals surface area contributed by atoms with E-state index in [1.54, 1.807) is 7.11 Å². The van der Waals surface area contributed by atoms with E-state index in [2.05, 4.69) is 24.0 Å². The van der Waals surface area contributed by atoms with E-state index in [4.69, 9.17) is 4.74 Å². The third-order valence-electron chi connectivity index (χ3n) is 3.40. The highest BCUT2D eigenvalue weighted by Gasteiger charge is 2.33. The summed E-state index contributed by atoms with van der Waals surface area (Å²) in [5.41, 5.74) is 1.28. The molecule has 16 heavy (non-hydrogen) atoms. The Bertz CT molecular complexity index is 328. The van der Waals surface area contributed by atoms with Gasteiger partial charge >= 0.3 is 0 Å². The molecule has 0 spiro atoms. The molecule has 0 bridgehead atoms. The highest BCUT2D eigenvalue weighted by Crippen LogP contribution is 2.25. The van der Waals surface area contributed by atoms with Crippen LogP contribution in [0.4, 0.5) is 0 Å². The van der Waals surface area contributed by atoms with Gasteiger partial charge in [-0.15, -0.1) is 0 Å². The average Bonchev–Trinajstić information content (AvgIpc) is 2.71. The van der Waals surface area contributed by atoms with E-state index in [1.165, 1.54) is 5.56 Å². The summed E-state index contributed by atoms with van der Waals surface area (Å²) >= 11 is 0. The Morgan fingerprint density at radius 3 is 2.56 bits per heavy atom. The number of aliphatic hydroxyl groups is 1. The summed E-state index contributed by atoms with van der Waals surface area (Å²) in [5.74, 6) is 0. The van der Waals surface area contributed by atoms with Crippen molar-refractivity contribution in [2.24, 2.45) is 0 Å². The first-order valence-corrected chi connectivity index (χ1v) is 5.72. The van der Waals surface area contributed by atoms with E-state index < -0.39 is 0 Å². The average molecular weight is 221 g/mol. The van der Waals surface area contributed by atoms with Crippen LogP contribution in [0.5, 0.6) is 0 Å². The molecule has 3 heteroatoms.